The van der Waals surface area contributed by atoms with Gasteiger partial charge in [0.05, 0.1) is 0 Å². The first kappa shape index (κ1) is 11.9. The first-order valence-corrected chi connectivity index (χ1v) is 6.44. The smallest absolute Gasteiger partial charge is 0.356 e. The third kappa shape index (κ3) is 2.65. The molecule has 2 heterocycles. The molecule has 2 aromatic rings. The Labute approximate surface area is 110 Å². The maximum Gasteiger partial charge on any atom is 0.356 e. The molecule has 0 aromatic carbocycles. The molecule has 0 atom stereocenters. The molecule has 1 N–H and O–H groups in total. The zero-order valence-corrected chi connectivity index (χ0v) is 10.5. The summed E-state index contributed by atoms with van der Waals surface area (Å²) in [6, 6.07) is 5.66. The predicted molar refractivity (Wildman–Crippen MR) is 69.1 cm³/mol. The summed E-state index contributed by atoms with van der Waals surface area (Å²) in [5, 5.41) is 13.2. The minimum atomic E-state index is -0.954. The molecule has 19 heavy (non-hydrogen) atoms. The molecule has 0 bridgehead atoms. The molecule has 3 rings (SSSR count). The lowest BCUT2D eigenvalue weighted by atomic mass is 10.2. The lowest BCUT2D eigenvalue weighted by molar-refractivity contribution is 0.0689. The van der Waals surface area contributed by atoms with Crippen LogP contribution in [0.15, 0.2) is 30.6 Å². The van der Waals surface area contributed by atoms with Crippen LogP contribution in [0.3, 0.4) is 0 Å². The van der Waals surface area contributed by atoms with E-state index in [2.05, 4.69) is 10.1 Å². The van der Waals surface area contributed by atoms with Gasteiger partial charge in [-0.3, -0.25) is 9.67 Å². The van der Waals surface area contributed by atoms with E-state index in [-0.39, 0.29) is 5.69 Å². The van der Waals surface area contributed by atoms with Crippen molar-refractivity contribution in [3.63, 3.8) is 0 Å². The van der Waals surface area contributed by atoms with Crippen LogP contribution in [0.4, 0.5) is 0 Å². The Balaban J connectivity index is 1.77. The number of carboxylic acid groups (broad SMARTS) is 1. The van der Waals surface area contributed by atoms with Gasteiger partial charge in [-0.2, -0.15) is 5.10 Å². The molecule has 0 spiro atoms. The molecule has 0 radical (unpaired) electrons. The van der Waals surface area contributed by atoms with Crippen LogP contribution < -0.4 is 0 Å². The van der Waals surface area contributed by atoms with Crippen LogP contribution in [0.2, 0.25) is 0 Å². The van der Waals surface area contributed by atoms with Crippen molar-refractivity contribution in [3.8, 4) is 0 Å². The number of aryl methyl sites for hydroxylation is 2. The molecule has 0 amide bonds. The fourth-order valence-electron chi connectivity index (χ4n) is 2.21. The van der Waals surface area contributed by atoms with Crippen molar-refractivity contribution in [3.05, 3.63) is 47.5 Å². The Bertz CT molecular complexity index is 588. The van der Waals surface area contributed by atoms with Gasteiger partial charge in [-0.05, 0) is 43.0 Å². The highest BCUT2D eigenvalue weighted by Gasteiger charge is 2.29. The molecule has 1 aliphatic rings. The largest absolute Gasteiger partial charge is 0.476 e. The van der Waals surface area contributed by atoms with Gasteiger partial charge in [-0.25, -0.2) is 4.79 Å². The molecular weight excluding hydrogens is 242 g/mol. The first-order valence-electron chi connectivity index (χ1n) is 6.44. The maximum atomic E-state index is 11.0. The Morgan fingerprint density at radius 1 is 1.37 bits per heavy atom. The molecule has 1 aliphatic carbocycles. The number of pyridine rings is 1. The van der Waals surface area contributed by atoms with E-state index in [1.807, 2.05) is 16.8 Å². The second-order valence-corrected chi connectivity index (χ2v) is 4.86. The van der Waals surface area contributed by atoms with Crippen LogP contribution in [-0.4, -0.2) is 25.8 Å². The summed E-state index contributed by atoms with van der Waals surface area (Å²) in [6.45, 7) is 0.711. The van der Waals surface area contributed by atoms with Crippen molar-refractivity contribution in [2.45, 2.75) is 31.7 Å². The molecule has 2 aromatic heterocycles. The lowest BCUT2D eigenvalue weighted by Gasteiger charge is -2.06. The summed E-state index contributed by atoms with van der Waals surface area (Å²) in [5.41, 5.74) is 2.40. The number of carboxylic acids is 1. The second kappa shape index (κ2) is 4.84. The molecule has 5 nitrogen and oxygen atoms in total. The topological polar surface area (TPSA) is 68.0 Å². The van der Waals surface area contributed by atoms with Crippen molar-refractivity contribution in [1.29, 1.82) is 0 Å². The van der Waals surface area contributed by atoms with E-state index in [9.17, 15) is 4.79 Å². The Hall–Kier alpha value is -2.17. The molecule has 5 heteroatoms. The number of carbonyl (C=O) groups is 1. The first-order chi connectivity index (χ1) is 9.24. The van der Waals surface area contributed by atoms with Crippen LogP contribution in [0.1, 0.15) is 40.5 Å². The van der Waals surface area contributed by atoms with E-state index in [1.165, 1.54) is 5.56 Å². The third-order valence-electron chi connectivity index (χ3n) is 3.39. The van der Waals surface area contributed by atoms with E-state index in [1.54, 1.807) is 18.5 Å². The molecule has 1 fully saturated rings. The van der Waals surface area contributed by atoms with Crippen molar-refractivity contribution in [1.82, 2.24) is 14.8 Å². The zero-order chi connectivity index (χ0) is 13.2. The number of rotatable bonds is 5. The Kier molecular flexibility index (Phi) is 3.03. The summed E-state index contributed by atoms with van der Waals surface area (Å²) < 4.78 is 1.85. The minimum Gasteiger partial charge on any atom is -0.476 e. The van der Waals surface area contributed by atoms with Crippen LogP contribution in [0.25, 0.3) is 0 Å². The Morgan fingerprint density at radius 3 is 2.74 bits per heavy atom. The third-order valence-corrected chi connectivity index (χ3v) is 3.39. The minimum absolute atomic E-state index is 0.150. The van der Waals surface area contributed by atoms with E-state index in [0.717, 1.165) is 25.0 Å². The average molecular weight is 257 g/mol. The normalized spacial score (nSPS) is 14.5. The summed E-state index contributed by atoms with van der Waals surface area (Å²) in [6.07, 6.45) is 6.65. The highest BCUT2D eigenvalue weighted by molar-refractivity contribution is 5.85. The number of aromatic carboxylic acids is 1. The van der Waals surface area contributed by atoms with Crippen LogP contribution >= 0.6 is 0 Å². The van der Waals surface area contributed by atoms with E-state index < -0.39 is 5.97 Å². The molecule has 0 aliphatic heterocycles. The quantitative estimate of drug-likeness (QED) is 0.890. The monoisotopic (exact) mass is 257 g/mol. The standard InChI is InChI=1S/C14H15N3O2/c18-14(19)12-9-13(11-1-2-11)17(16-12)8-5-10-3-6-15-7-4-10/h3-4,6-7,9,11H,1-2,5,8H2,(H,18,19). The lowest BCUT2D eigenvalue weighted by Crippen LogP contribution is -2.08. The number of hydrogen-bond acceptors (Lipinski definition) is 3. The van der Waals surface area contributed by atoms with E-state index in [4.69, 9.17) is 5.11 Å². The highest BCUT2D eigenvalue weighted by Crippen LogP contribution is 2.40. The van der Waals surface area contributed by atoms with Crippen LogP contribution in [0, 0.1) is 0 Å². The van der Waals surface area contributed by atoms with Gasteiger partial charge in [0.2, 0.25) is 0 Å². The van der Waals surface area contributed by atoms with Gasteiger partial charge >= 0.3 is 5.97 Å². The molecule has 98 valence electrons. The number of hydrogen-bond donors (Lipinski definition) is 1. The molecule has 0 unspecified atom stereocenters. The van der Waals surface area contributed by atoms with Gasteiger partial charge in [0, 0.05) is 30.6 Å². The van der Waals surface area contributed by atoms with Gasteiger partial charge in [0.25, 0.3) is 0 Å². The average Bonchev–Trinajstić information content (AvgIpc) is 3.17. The van der Waals surface area contributed by atoms with Gasteiger partial charge < -0.3 is 5.11 Å². The summed E-state index contributed by atoms with van der Waals surface area (Å²) in [4.78, 5) is 15.0. The SMILES string of the molecule is O=C(O)c1cc(C2CC2)n(CCc2ccncc2)n1. The van der Waals surface area contributed by atoms with Crippen molar-refractivity contribution in [2.24, 2.45) is 0 Å². The van der Waals surface area contributed by atoms with E-state index in [0.29, 0.717) is 12.5 Å². The van der Waals surface area contributed by atoms with Crippen LogP contribution in [0.5, 0.6) is 0 Å². The number of aromatic nitrogens is 3. The zero-order valence-electron chi connectivity index (χ0n) is 10.5. The van der Waals surface area contributed by atoms with Gasteiger partial charge in [-0.1, -0.05) is 0 Å². The molecule has 0 saturated heterocycles. The van der Waals surface area contributed by atoms with Gasteiger partial charge in [-0.15, -0.1) is 0 Å². The molecule has 1 saturated carbocycles. The van der Waals surface area contributed by atoms with E-state index >= 15 is 0 Å². The fourth-order valence-corrected chi connectivity index (χ4v) is 2.21. The highest BCUT2D eigenvalue weighted by atomic mass is 16.4. The summed E-state index contributed by atoms with van der Waals surface area (Å²) in [7, 11) is 0. The van der Waals surface area contributed by atoms with Crippen molar-refractivity contribution in [2.75, 3.05) is 0 Å². The summed E-state index contributed by atoms with van der Waals surface area (Å²) in [5.74, 6) is -0.456. The predicted octanol–water partition coefficient (Wildman–Crippen LogP) is 2.10. The number of nitrogens with zero attached hydrogens (tertiary/aromatic N) is 3. The fraction of sp³-hybridized carbons (Fsp3) is 0.357. The van der Waals surface area contributed by atoms with Crippen molar-refractivity contribution >= 4 is 5.97 Å². The Morgan fingerprint density at radius 2 is 2.11 bits per heavy atom. The van der Waals surface area contributed by atoms with Crippen molar-refractivity contribution < 1.29 is 9.90 Å². The molecular formula is C14H15N3O2. The maximum absolute atomic E-state index is 11.0. The van der Waals surface area contributed by atoms with Crippen LogP contribution in [-0.2, 0) is 13.0 Å². The van der Waals surface area contributed by atoms with Gasteiger partial charge in [0.1, 0.15) is 0 Å². The summed E-state index contributed by atoms with van der Waals surface area (Å²) >= 11 is 0. The second-order valence-electron chi connectivity index (χ2n) is 4.86. The van der Waals surface area contributed by atoms with Gasteiger partial charge in [0.15, 0.2) is 5.69 Å².